The molecule has 0 bridgehead atoms. The third kappa shape index (κ3) is 2.76. The monoisotopic (exact) mass is 300 g/mol. The highest BCUT2D eigenvalue weighted by Gasteiger charge is 2.33. The lowest BCUT2D eigenvalue weighted by molar-refractivity contribution is -0.384. The van der Waals surface area contributed by atoms with Gasteiger partial charge in [-0.15, -0.1) is 0 Å². The first-order chi connectivity index (χ1) is 8.00. The van der Waals surface area contributed by atoms with Gasteiger partial charge in [-0.05, 0) is 22.0 Å². The Bertz CT molecular complexity index is 446. The van der Waals surface area contributed by atoms with E-state index in [1.807, 2.05) is 0 Å². The van der Waals surface area contributed by atoms with Crippen LogP contribution in [0.2, 0.25) is 0 Å². The van der Waals surface area contributed by atoms with Gasteiger partial charge in [-0.3, -0.25) is 10.1 Å². The van der Waals surface area contributed by atoms with Crippen LogP contribution in [0.4, 0.5) is 11.4 Å². The first-order valence-electron chi connectivity index (χ1n) is 5.26. The molecule has 92 valence electrons. The van der Waals surface area contributed by atoms with Crippen LogP contribution in [0.25, 0.3) is 0 Å². The lowest BCUT2D eigenvalue weighted by Crippen LogP contribution is -2.45. The molecular formula is C11H13BrN2O3. The third-order valence-corrected chi connectivity index (χ3v) is 3.43. The molecule has 0 aromatic heterocycles. The molecule has 17 heavy (non-hydrogen) atoms. The Morgan fingerprint density at radius 1 is 1.59 bits per heavy atom. The molecule has 0 radical (unpaired) electrons. The third-order valence-electron chi connectivity index (χ3n) is 2.77. The van der Waals surface area contributed by atoms with E-state index in [2.05, 4.69) is 28.2 Å². The zero-order valence-electron chi connectivity index (χ0n) is 9.40. The fourth-order valence-corrected chi connectivity index (χ4v) is 2.13. The van der Waals surface area contributed by atoms with Crippen LogP contribution in [0, 0.1) is 15.5 Å². The second-order valence-electron chi connectivity index (χ2n) is 4.58. The molecular weight excluding hydrogens is 288 g/mol. The summed E-state index contributed by atoms with van der Waals surface area (Å²) in [7, 11) is 0. The molecule has 1 N–H and O–H groups in total. The second kappa shape index (κ2) is 4.62. The van der Waals surface area contributed by atoms with Crippen molar-refractivity contribution >= 4 is 27.3 Å². The number of nitro benzene ring substituents is 1. The van der Waals surface area contributed by atoms with E-state index in [0.29, 0.717) is 4.47 Å². The van der Waals surface area contributed by atoms with Crippen LogP contribution in [0.5, 0.6) is 0 Å². The minimum Gasteiger partial charge on any atom is -0.383 e. The molecule has 0 spiro atoms. The van der Waals surface area contributed by atoms with E-state index in [1.54, 1.807) is 6.07 Å². The van der Waals surface area contributed by atoms with Gasteiger partial charge in [0.2, 0.25) is 0 Å². The summed E-state index contributed by atoms with van der Waals surface area (Å²) in [6.07, 6.45) is 0. The number of non-ortho nitro benzene ring substituents is 1. The number of hydrogen-bond acceptors (Lipinski definition) is 4. The summed E-state index contributed by atoms with van der Waals surface area (Å²) in [6.45, 7) is 4.45. The summed E-state index contributed by atoms with van der Waals surface area (Å²) < 4.78 is 5.87. The van der Waals surface area contributed by atoms with Crippen molar-refractivity contribution in [2.24, 2.45) is 5.41 Å². The van der Waals surface area contributed by atoms with Crippen LogP contribution < -0.4 is 5.32 Å². The van der Waals surface area contributed by atoms with Gasteiger partial charge in [-0.1, -0.05) is 6.92 Å². The Balaban J connectivity index is 2.03. The van der Waals surface area contributed by atoms with Crippen LogP contribution in [0.1, 0.15) is 6.92 Å². The molecule has 0 aliphatic carbocycles. The van der Waals surface area contributed by atoms with E-state index in [9.17, 15) is 10.1 Å². The van der Waals surface area contributed by atoms with Gasteiger partial charge >= 0.3 is 0 Å². The minimum atomic E-state index is -0.407. The number of rotatable bonds is 4. The molecule has 0 atom stereocenters. The van der Waals surface area contributed by atoms with Crippen molar-refractivity contribution in [1.29, 1.82) is 0 Å². The molecule has 1 aromatic rings. The van der Waals surface area contributed by atoms with Gasteiger partial charge in [-0.2, -0.15) is 0 Å². The van der Waals surface area contributed by atoms with Crippen LogP contribution in [-0.4, -0.2) is 24.7 Å². The topological polar surface area (TPSA) is 64.4 Å². The van der Waals surface area contributed by atoms with Crippen molar-refractivity contribution < 1.29 is 9.66 Å². The largest absolute Gasteiger partial charge is 0.383 e. The number of anilines is 1. The molecule has 1 aromatic carbocycles. The van der Waals surface area contributed by atoms with E-state index in [0.717, 1.165) is 25.4 Å². The number of nitrogens with one attached hydrogen (secondary N) is 1. The Morgan fingerprint density at radius 3 is 2.76 bits per heavy atom. The van der Waals surface area contributed by atoms with Crippen LogP contribution in [0.15, 0.2) is 22.7 Å². The SMILES string of the molecule is CC1(CNc2ccc([N+](=O)[O-])cc2Br)COC1. The first-order valence-corrected chi connectivity index (χ1v) is 6.05. The summed E-state index contributed by atoms with van der Waals surface area (Å²) in [5, 5.41) is 13.9. The maximum Gasteiger partial charge on any atom is 0.270 e. The van der Waals surface area contributed by atoms with Gasteiger partial charge in [0.05, 0.1) is 18.1 Å². The molecule has 0 unspecified atom stereocenters. The van der Waals surface area contributed by atoms with E-state index >= 15 is 0 Å². The van der Waals surface area contributed by atoms with Gasteiger partial charge in [0.1, 0.15) is 0 Å². The summed E-state index contributed by atoms with van der Waals surface area (Å²) in [5.41, 5.74) is 1.12. The maximum absolute atomic E-state index is 10.6. The fourth-order valence-electron chi connectivity index (χ4n) is 1.62. The first kappa shape index (κ1) is 12.3. The standard InChI is InChI=1S/C11H13BrN2O3/c1-11(6-17-7-11)5-13-10-3-2-8(14(15)16)4-9(10)12/h2-4,13H,5-7H2,1H3. The van der Waals surface area contributed by atoms with Crippen molar-refractivity contribution in [2.75, 3.05) is 25.1 Å². The van der Waals surface area contributed by atoms with Gasteiger partial charge in [0, 0.05) is 34.3 Å². The number of nitrogens with zero attached hydrogens (tertiary/aromatic N) is 1. The highest BCUT2D eigenvalue weighted by atomic mass is 79.9. The quantitative estimate of drug-likeness (QED) is 0.686. The summed E-state index contributed by atoms with van der Waals surface area (Å²) in [5.74, 6) is 0. The van der Waals surface area contributed by atoms with Crippen molar-refractivity contribution in [1.82, 2.24) is 0 Å². The number of hydrogen-bond donors (Lipinski definition) is 1. The number of nitro groups is 1. The Morgan fingerprint density at radius 2 is 2.29 bits per heavy atom. The van der Waals surface area contributed by atoms with E-state index in [-0.39, 0.29) is 11.1 Å². The average molecular weight is 301 g/mol. The van der Waals surface area contributed by atoms with Gasteiger partial charge in [0.15, 0.2) is 0 Å². The average Bonchev–Trinajstić information content (AvgIpc) is 2.24. The van der Waals surface area contributed by atoms with Gasteiger partial charge in [0.25, 0.3) is 5.69 Å². The molecule has 1 heterocycles. The molecule has 0 amide bonds. The van der Waals surface area contributed by atoms with E-state index in [4.69, 9.17) is 4.74 Å². The molecule has 6 heteroatoms. The molecule has 2 rings (SSSR count). The number of benzene rings is 1. The Hall–Kier alpha value is -1.14. The van der Waals surface area contributed by atoms with Crippen LogP contribution in [0.3, 0.4) is 0 Å². The maximum atomic E-state index is 10.6. The predicted octanol–water partition coefficient (Wildman–Crippen LogP) is 2.81. The lowest BCUT2D eigenvalue weighted by atomic mass is 9.89. The zero-order chi connectivity index (χ0) is 12.5. The van der Waals surface area contributed by atoms with Crippen molar-refractivity contribution in [2.45, 2.75) is 6.92 Å². The molecule has 5 nitrogen and oxygen atoms in total. The Kier molecular flexibility index (Phi) is 3.35. The highest BCUT2D eigenvalue weighted by Crippen LogP contribution is 2.30. The molecule has 1 aliphatic rings. The highest BCUT2D eigenvalue weighted by molar-refractivity contribution is 9.10. The van der Waals surface area contributed by atoms with Gasteiger partial charge < -0.3 is 10.1 Å². The fraction of sp³-hybridized carbons (Fsp3) is 0.455. The predicted molar refractivity (Wildman–Crippen MR) is 68.2 cm³/mol. The number of halogens is 1. The normalized spacial score (nSPS) is 17.3. The van der Waals surface area contributed by atoms with Gasteiger partial charge in [-0.25, -0.2) is 0 Å². The van der Waals surface area contributed by atoms with Crippen molar-refractivity contribution in [3.05, 3.63) is 32.8 Å². The van der Waals surface area contributed by atoms with Crippen LogP contribution >= 0.6 is 15.9 Å². The minimum absolute atomic E-state index is 0.0839. The smallest absolute Gasteiger partial charge is 0.270 e. The van der Waals surface area contributed by atoms with Crippen molar-refractivity contribution in [3.63, 3.8) is 0 Å². The summed E-state index contributed by atoms with van der Waals surface area (Å²) >= 11 is 3.32. The summed E-state index contributed by atoms with van der Waals surface area (Å²) in [4.78, 5) is 10.2. The van der Waals surface area contributed by atoms with Crippen LogP contribution in [-0.2, 0) is 4.74 Å². The van der Waals surface area contributed by atoms with Crippen molar-refractivity contribution in [3.8, 4) is 0 Å². The summed E-state index contributed by atoms with van der Waals surface area (Å²) in [6, 6.07) is 4.71. The Labute approximate surface area is 107 Å². The molecule has 0 saturated carbocycles. The second-order valence-corrected chi connectivity index (χ2v) is 5.43. The number of ether oxygens (including phenoxy) is 1. The molecule has 1 fully saturated rings. The van der Waals surface area contributed by atoms with E-state index in [1.165, 1.54) is 12.1 Å². The molecule has 1 aliphatic heterocycles. The lowest BCUT2D eigenvalue weighted by Gasteiger charge is -2.38. The van der Waals surface area contributed by atoms with E-state index < -0.39 is 4.92 Å². The zero-order valence-corrected chi connectivity index (χ0v) is 11.0. The molecule has 1 saturated heterocycles.